The minimum atomic E-state index is -0.294. The highest BCUT2D eigenvalue weighted by Crippen LogP contribution is 2.19. The van der Waals surface area contributed by atoms with Crippen molar-refractivity contribution in [1.29, 1.82) is 0 Å². The lowest BCUT2D eigenvalue weighted by Gasteiger charge is -2.20. The van der Waals surface area contributed by atoms with Crippen LogP contribution in [0.25, 0.3) is 0 Å². The van der Waals surface area contributed by atoms with Gasteiger partial charge in [0.25, 0.3) is 0 Å². The van der Waals surface area contributed by atoms with Crippen molar-refractivity contribution in [3.05, 3.63) is 0 Å². The number of aliphatic hydroxyl groups excluding tert-OH is 2. The summed E-state index contributed by atoms with van der Waals surface area (Å²) < 4.78 is 0. The molecule has 0 spiro atoms. The van der Waals surface area contributed by atoms with Crippen LogP contribution in [0.4, 0.5) is 0 Å². The van der Waals surface area contributed by atoms with Crippen molar-refractivity contribution in [3.63, 3.8) is 0 Å². The Morgan fingerprint density at radius 3 is 1.63 bits per heavy atom. The molecular formula is C17H36O2. The van der Waals surface area contributed by atoms with E-state index in [1.54, 1.807) is 0 Å². The van der Waals surface area contributed by atoms with Gasteiger partial charge in [0.1, 0.15) is 0 Å². The molecule has 0 aliphatic carbocycles. The Morgan fingerprint density at radius 2 is 1.16 bits per heavy atom. The van der Waals surface area contributed by atoms with Crippen LogP contribution >= 0.6 is 0 Å². The number of aliphatic hydroxyl groups is 2. The zero-order valence-corrected chi connectivity index (χ0v) is 13.2. The smallest absolute Gasteiger partial charge is 0.0590 e. The Labute approximate surface area is 120 Å². The van der Waals surface area contributed by atoms with Gasteiger partial charge in [0.05, 0.1) is 6.10 Å². The average molecular weight is 272 g/mol. The van der Waals surface area contributed by atoms with Crippen molar-refractivity contribution < 1.29 is 10.2 Å². The largest absolute Gasteiger partial charge is 0.396 e. The SMILES string of the molecule is CCCCCCCC(O)C(CO)CCCCCCC. The molecule has 0 aliphatic rings. The summed E-state index contributed by atoms with van der Waals surface area (Å²) in [5.41, 5.74) is 0. The van der Waals surface area contributed by atoms with E-state index in [1.165, 1.54) is 51.4 Å². The summed E-state index contributed by atoms with van der Waals surface area (Å²) in [7, 11) is 0. The van der Waals surface area contributed by atoms with E-state index < -0.39 is 0 Å². The van der Waals surface area contributed by atoms with Gasteiger partial charge in [0.2, 0.25) is 0 Å². The Bertz CT molecular complexity index is 171. The average Bonchev–Trinajstić information content (AvgIpc) is 2.42. The maximum Gasteiger partial charge on any atom is 0.0590 e. The fraction of sp³-hybridized carbons (Fsp3) is 1.00. The van der Waals surface area contributed by atoms with E-state index in [0.29, 0.717) is 0 Å². The Kier molecular flexibility index (Phi) is 14.3. The molecule has 2 N–H and O–H groups in total. The number of hydrogen-bond acceptors (Lipinski definition) is 2. The second-order valence-electron chi connectivity index (χ2n) is 5.92. The lowest BCUT2D eigenvalue weighted by atomic mass is 9.92. The molecule has 0 saturated heterocycles. The first-order valence-electron chi connectivity index (χ1n) is 8.55. The van der Waals surface area contributed by atoms with Crippen LogP contribution < -0.4 is 0 Å². The minimum absolute atomic E-state index is 0.104. The van der Waals surface area contributed by atoms with E-state index in [9.17, 15) is 10.2 Å². The second-order valence-corrected chi connectivity index (χ2v) is 5.92. The lowest BCUT2D eigenvalue weighted by molar-refractivity contribution is 0.0528. The molecule has 0 aromatic heterocycles. The van der Waals surface area contributed by atoms with E-state index >= 15 is 0 Å². The highest BCUT2D eigenvalue weighted by Gasteiger charge is 2.17. The second kappa shape index (κ2) is 14.3. The molecule has 0 bridgehead atoms. The summed E-state index contributed by atoms with van der Waals surface area (Å²) in [6.45, 7) is 4.58. The summed E-state index contributed by atoms with van der Waals surface area (Å²) in [6.07, 6.45) is 14.0. The molecule has 2 unspecified atom stereocenters. The predicted molar refractivity (Wildman–Crippen MR) is 83.3 cm³/mol. The maximum atomic E-state index is 10.1. The zero-order chi connectivity index (χ0) is 14.3. The monoisotopic (exact) mass is 272 g/mol. The van der Waals surface area contributed by atoms with Crippen LogP contribution in [0.5, 0.6) is 0 Å². The third-order valence-electron chi connectivity index (χ3n) is 4.06. The van der Waals surface area contributed by atoms with Gasteiger partial charge < -0.3 is 10.2 Å². The molecule has 116 valence electrons. The molecule has 0 aromatic carbocycles. The van der Waals surface area contributed by atoms with Gasteiger partial charge in [-0.3, -0.25) is 0 Å². The fourth-order valence-electron chi connectivity index (χ4n) is 2.61. The minimum Gasteiger partial charge on any atom is -0.396 e. The van der Waals surface area contributed by atoms with Crippen LogP contribution in [0, 0.1) is 5.92 Å². The third-order valence-corrected chi connectivity index (χ3v) is 4.06. The molecule has 2 heteroatoms. The summed E-state index contributed by atoms with van der Waals surface area (Å²) in [4.78, 5) is 0. The standard InChI is InChI=1S/C17H36O2/c1-3-5-7-9-11-13-16(15-18)17(19)14-12-10-8-6-4-2/h16-19H,3-15H2,1-2H3. The molecule has 0 rings (SSSR count). The molecule has 0 amide bonds. The maximum absolute atomic E-state index is 10.1. The molecular weight excluding hydrogens is 236 g/mol. The quantitative estimate of drug-likeness (QED) is 0.451. The van der Waals surface area contributed by atoms with E-state index in [0.717, 1.165) is 25.7 Å². The molecule has 0 heterocycles. The zero-order valence-electron chi connectivity index (χ0n) is 13.2. The first-order valence-corrected chi connectivity index (χ1v) is 8.55. The van der Waals surface area contributed by atoms with Crippen molar-refractivity contribution in [2.75, 3.05) is 6.61 Å². The highest BCUT2D eigenvalue weighted by atomic mass is 16.3. The van der Waals surface area contributed by atoms with Gasteiger partial charge in [0, 0.05) is 12.5 Å². The van der Waals surface area contributed by atoms with Gasteiger partial charge in [-0.15, -0.1) is 0 Å². The van der Waals surface area contributed by atoms with Crippen LogP contribution in [0.1, 0.15) is 90.9 Å². The van der Waals surface area contributed by atoms with Gasteiger partial charge in [0.15, 0.2) is 0 Å². The molecule has 19 heavy (non-hydrogen) atoms. The number of unbranched alkanes of at least 4 members (excludes halogenated alkanes) is 8. The van der Waals surface area contributed by atoms with Crippen molar-refractivity contribution in [2.45, 2.75) is 97.0 Å². The van der Waals surface area contributed by atoms with Crippen molar-refractivity contribution in [3.8, 4) is 0 Å². The van der Waals surface area contributed by atoms with Crippen molar-refractivity contribution in [1.82, 2.24) is 0 Å². The molecule has 0 aliphatic heterocycles. The normalized spacial score (nSPS) is 14.5. The molecule has 0 saturated carbocycles. The van der Waals surface area contributed by atoms with Crippen LogP contribution in [0.15, 0.2) is 0 Å². The van der Waals surface area contributed by atoms with Gasteiger partial charge in [-0.25, -0.2) is 0 Å². The molecule has 2 nitrogen and oxygen atoms in total. The van der Waals surface area contributed by atoms with Crippen LogP contribution in [-0.4, -0.2) is 22.9 Å². The summed E-state index contributed by atoms with van der Waals surface area (Å²) >= 11 is 0. The fourth-order valence-corrected chi connectivity index (χ4v) is 2.61. The van der Waals surface area contributed by atoms with Crippen LogP contribution in [0.2, 0.25) is 0 Å². The summed E-state index contributed by atoms with van der Waals surface area (Å²) in [5.74, 6) is 0.104. The first-order chi connectivity index (χ1) is 9.26. The summed E-state index contributed by atoms with van der Waals surface area (Å²) in [6, 6.07) is 0. The van der Waals surface area contributed by atoms with E-state index in [1.807, 2.05) is 0 Å². The van der Waals surface area contributed by atoms with Crippen LogP contribution in [0.3, 0.4) is 0 Å². The van der Waals surface area contributed by atoms with Gasteiger partial charge in [-0.05, 0) is 12.8 Å². The first kappa shape index (κ1) is 18.9. The Hall–Kier alpha value is -0.0800. The molecule has 0 aromatic rings. The van der Waals surface area contributed by atoms with E-state index in [4.69, 9.17) is 0 Å². The highest BCUT2D eigenvalue weighted by molar-refractivity contribution is 4.68. The van der Waals surface area contributed by atoms with Gasteiger partial charge in [-0.1, -0.05) is 78.1 Å². The Balaban J connectivity index is 3.57. The van der Waals surface area contributed by atoms with Crippen molar-refractivity contribution in [2.24, 2.45) is 5.92 Å². The molecule has 0 fully saturated rings. The lowest BCUT2D eigenvalue weighted by Crippen LogP contribution is -2.23. The number of rotatable bonds is 14. The van der Waals surface area contributed by atoms with Crippen molar-refractivity contribution >= 4 is 0 Å². The van der Waals surface area contributed by atoms with E-state index in [-0.39, 0.29) is 18.6 Å². The predicted octanol–water partition coefficient (Wildman–Crippen LogP) is 4.68. The molecule has 0 radical (unpaired) electrons. The molecule has 2 atom stereocenters. The van der Waals surface area contributed by atoms with Gasteiger partial charge in [-0.2, -0.15) is 0 Å². The number of hydrogen-bond donors (Lipinski definition) is 2. The van der Waals surface area contributed by atoms with E-state index in [2.05, 4.69) is 13.8 Å². The summed E-state index contributed by atoms with van der Waals surface area (Å²) in [5, 5.41) is 19.5. The van der Waals surface area contributed by atoms with Crippen LogP contribution in [-0.2, 0) is 0 Å². The third kappa shape index (κ3) is 11.4. The van der Waals surface area contributed by atoms with Gasteiger partial charge >= 0.3 is 0 Å². The topological polar surface area (TPSA) is 40.5 Å². The Morgan fingerprint density at radius 1 is 0.684 bits per heavy atom.